The van der Waals surface area contributed by atoms with Gasteiger partial charge in [0.25, 0.3) is 0 Å². The van der Waals surface area contributed by atoms with Gasteiger partial charge in [-0.1, -0.05) is 18.2 Å². The molecule has 0 amide bonds. The van der Waals surface area contributed by atoms with Crippen LogP contribution in [0.1, 0.15) is 23.3 Å². The lowest BCUT2D eigenvalue weighted by Gasteiger charge is -2.15. The molecular weight excluding hydrogens is 225 g/mol. The maximum atomic E-state index is 12.4. The first-order valence-electron chi connectivity index (χ1n) is 4.34. The summed E-state index contributed by atoms with van der Waals surface area (Å²) in [4.78, 5) is 10.4. The van der Waals surface area contributed by atoms with Gasteiger partial charge < -0.3 is 15.0 Å². The van der Waals surface area contributed by atoms with Crippen molar-refractivity contribution in [3.8, 4) is 0 Å². The fraction of sp³-hybridized carbons (Fsp3) is 0.300. The highest BCUT2D eigenvalue weighted by atomic mass is 19.4. The number of aliphatic hydroxyl groups excluding tert-OH is 1. The molecule has 0 fully saturated rings. The molecule has 0 aliphatic rings. The zero-order chi connectivity index (χ0) is 12.3. The third-order valence-electron chi connectivity index (χ3n) is 2.06. The monoisotopic (exact) mass is 234 g/mol. The van der Waals surface area contributed by atoms with Crippen molar-refractivity contribution in [3.63, 3.8) is 0 Å². The number of aldehydes is 1. The maximum absolute atomic E-state index is 12.4. The molecule has 0 spiro atoms. The minimum absolute atomic E-state index is 0.0893. The Morgan fingerprint density at radius 3 is 2.19 bits per heavy atom. The lowest BCUT2D eigenvalue weighted by molar-refractivity contribution is -0.156. The van der Waals surface area contributed by atoms with E-state index in [9.17, 15) is 18.0 Å². The van der Waals surface area contributed by atoms with Crippen LogP contribution >= 0.6 is 0 Å². The molecule has 1 rings (SSSR count). The zero-order valence-corrected chi connectivity index (χ0v) is 7.98. The lowest BCUT2D eigenvalue weighted by atomic mass is 9.98. The molecule has 1 atom stereocenters. The number of hydrogen-bond acceptors (Lipinski definition) is 3. The number of alkyl halides is 3. The molecule has 6 heteroatoms. The van der Waals surface area contributed by atoms with E-state index in [1.54, 1.807) is 0 Å². The lowest BCUT2D eigenvalue weighted by Crippen LogP contribution is -2.22. The van der Waals surface area contributed by atoms with Crippen molar-refractivity contribution in [1.82, 2.24) is 0 Å². The summed E-state index contributed by atoms with van der Waals surface area (Å²) in [5, 5.41) is 17.6. The Morgan fingerprint density at radius 1 is 1.19 bits per heavy atom. The normalized spacial score (nSPS) is 13.9. The van der Waals surface area contributed by atoms with Gasteiger partial charge in [-0.2, -0.15) is 13.2 Å². The molecule has 0 bridgehead atoms. The summed E-state index contributed by atoms with van der Waals surface area (Å²) in [5.41, 5.74) is -0.401. The van der Waals surface area contributed by atoms with E-state index in [0.29, 0.717) is 0 Å². The smallest absolute Gasteiger partial charge is 0.364 e. The fourth-order valence-corrected chi connectivity index (χ4v) is 1.26. The molecule has 0 aliphatic heterocycles. The van der Waals surface area contributed by atoms with Gasteiger partial charge in [0.1, 0.15) is 12.2 Å². The number of benzene rings is 1. The van der Waals surface area contributed by atoms with Crippen LogP contribution in [0.5, 0.6) is 0 Å². The van der Waals surface area contributed by atoms with Crippen molar-refractivity contribution in [2.45, 2.75) is 18.4 Å². The molecule has 1 aromatic rings. The van der Waals surface area contributed by atoms with Crippen LogP contribution in [0.3, 0.4) is 0 Å². The summed E-state index contributed by atoms with van der Waals surface area (Å²) in [7, 11) is 0. The number of aliphatic hydroxyl groups is 2. The van der Waals surface area contributed by atoms with Crippen LogP contribution in [-0.4, -0.2) is 22.7 Å². The highest BCUT2D eigenvalue weighted by Crippen LogP contribution is 2.33. The van der Waals surface area contributed by atoms with Gasteiger partial charge in [-0.25, -0.2) is 0 Å². The van der Waals surface area contributed by atoms with E-state index in [1.165, 1.54) is 12.1 Å². The van der Waals surface area contributed by atoms with E-state index in [4.69, 9.17) is 10.2 Å². The second kappa shape index (κ2) is 4.63. The average Bonchev–Trinajstić information content (AvgIpc) is 2.17. The Morgan fingerprint density at radius 2 is 1.75 bits per heavy atom. The SMILES string of the molecule is O=CC(c1cccc(C(O)O)c1)C(F)(F)F. The Balaban J connectivity index is 3.11. The molecule has 3 nitrogen and oxygen atoms in total. The van der Waals surface area contributed by atoms with Crippen molar-refractivity contribution < 1.29 is 28.2 Å². The molecular formula is C10H9F3O3. The Labute approximate surface area is 89.1 Å². The largest absolute Gasteiger partial charge is 0.402 e. The quantitative estimate of drug-likeness (QED) is 0.615. The van der Waals surface area contributed by atoms with Crippen molar-refractivity contribution in [2.24, 2.45) is 0 Å². The molecule has 0 aliphatic carbocycles. The average molecular weight is 234 g/mol. The molecule has 0 heterocycles. The topological polar surface area (TPSA) is 57.5 Å². The van der Waals surface area contributed by atoms with Crippen molar-refractivity contribution in [1.29, 1.82) is 0 Å². The van der Waals surface area contributed by atoms with Crippen LogP contribution in [0.4, 0.5) is 13.2 Å². The summed E-state index contributed by atoms with van der Waals surface area (Å²) < 4.78 is 37.1. The van der Waals surface area contributed by atoms with Crippen LogP contribution in [0, 0.1) is 0 Å². The van der Waals surface area contributed by atoms with Gasteiger partial charge >= 0.3 is 6.18 Å². The number of carbonyl (C=O) groups excluding carboxylic acids is 1. The minimum atomic E-state index is -4.68. The minimum Gasteiger partial charge on any atom is -0.364 e. The van der Waals surface area contributed by atoms with Gasteiger partial charge in [-0.3, -0.25) is 0 Å². The molecule has 2 N–H and O–H groups in total. The molecule has 0 saturated carbocycles. The first kappa shape index (κ1) is 12.7. The van der Waals surface area contributed by atoms with Gasteiger partial charge in [0, 0.05) is 5.56 Å². The van der Waals surface area contributed by atoms with E-state index in [1.807, 2.05) is 0 Å². The highest BCUT2D eigenvalue weighted by Gasteiger charge is 2.40. The molecule has 0 radical (unpaired) electrons. The number of halogens is 3. The van der Waals surface area contributed by atoms with Crippen LogP contribution in [0.2, 0.25) is 0 Å². The molecule has 1 unspecified atom stereocenters. The second-order valence-electron chi connectivity index (χ2n) is 3.20. The third kappa shape index (κ3) is 2.80. The van der Waals surface area contributed by atoms with Crippen LogP contribution in [-0.2, 0) is 4.79 Å². The van der Waals surface area contributed by atoms with E-state index in [0.717, 1.165) is 12.1 Å². The van der Waals surface area contributed by atoms with Crippen molar-refractivity contribution >= 4 is 6.29 Å². The second-order valence-corrected chi connectivity index (χ2v) is 3.20. The van der Waals surface area contributed by atoms with E-state index in [-0.39, 0.29) is 17.4 Å². The summed E-state index contributed by atoms with van der Waals surface area (Å²) in [5.74, 6) is -2.24. The van der Waals surface area contributed by atoms with Gasteiger partial charge in [-0.05, 0) is 11.6 Å². The molecule has 0 saturated heterocycles. The Bertz CT molecular complexity index is 374. The number of rotatable bonds is 3. The van der Waals surface area contributed by atoms with E-state index < -0.39 is 18.4 Å². The highest BCUT2D eigenvalue weighted by molar-refractivity contribution is 5.63. The summed E-state index contributed by atoms with van der Waals surface area (Å²) in [6, 6.07) is 4.54. The first-order chi connectivity index (χ1) is 7.36. The summed E-state index contributed by atoms with van der Waals surface area (Å²) in [6.07, 6.45) is -6.76. The van der Waals surface area contributed by atoms with E-state index >= 15 is 0 Å². The van der Waals surface area contributed by atoms with Crippen molar-refractivity contribution in [2.75, 3.05) is 0 Å². The van der Waals surface area contributed by atoms with Gasteiger partial charge in [0.05, 0.1) is 0 Å². The number of hydrogen-bond donors (Lipinski definition) is 2. The van der Waals surface area contributed by atoms with Crippen molar-refractivity contribution in [3.05, 3.63) is 35.4 Å². The molecule has 16 heavy (non-hydrogen) atoms. The molecule has 88 valence electrons. The van der Waals surface area contributed by atoms with Gasteiger partial charge in [0.15, 0.2) is 6.29 Å². The van der Waals surface area contributed by atoms with Gasteiger partial charge in [-0.15, -0.1) is 0 Å². The predicted molar refractivity (Wildman–Crippen MR) is 48.5 cm³/mol. The number of carbonyl (C=O) groups is 1. The summed E-state index contributed by atoms with van der Waals surface area (Å²) in [6.45, 7) is 0. The predicted octanol–water partition coefficient (Wildman–Crippen LogP) is 1.51. The maximum Gasteiger partial charge on any atom is 0.402 e. The zero-order valence-electron chi connectivity index (χ0n) is 7.98. The fourth-order valence-electron chi connectivity index (χ4n) is 1.26. The first-order valence-corrected chi connectivity index (χ1v) is 4.34. The Hall–Kier alpha value is -1.40. The van der Waals surface area contributed by atoms with E-state index in [2.05, 4.69) is 0 Å². The third-order valence-corrected chi connectivity index (χ3v) is 2.06. The standard InChI is InChI=1S/C10H9F3O3/c11-10(12,13)8(5-14)6-2-1-3-7(4-6)9(15)16/h1-5,8-9,15-16H. The van der Waals surface area contributed by atoms with Crippen LogP contribution in [0.25, 0.3) is 0 Å². The summed E-state index contributed by atoms with van der Waals surface area (Å²) >= 11 is 0. The van der Waals surface area contributed by atoms with Gasteiger partial charge in [0.2, 0.25) is 0 Å². The molecule has 0 aromatic heterocycles. The van der Waals surface area contributed by atoms with Crippen LogP contribution in [0.15, 0.2) is 24.3 Å². The Kier molecular flexibility index (Phi) is 3.66. The molecule has 1 aromatic carbocycles. The van der Waals surface area contributed by atoms with Crippen LogP contribution < -0.4 is 0 Å².